The largest absolute Gasteiger partial charge is 0.487 e. The Balaban J connectivity index is 1.70. The molecule has 0 aliphatic carbocycles. The molecule has 0 radical (unpaired) electrons. The molecule has 2 aromatic heterocycles. The topological polar surface area (TPSA) is 67.1 Å². The Bertz CT molecular complexity index is 889. The van der Waals surface area contributed by atoms with Crippen LogP contribution in [0.3, 0.4) is 0 Å². The number of rotatable bonds is 6. The predicted molar refractivity (Wildman–Crippen MR) is 94.7 cm³/mol. The molecule has 25 heavy (non-hydrogen) atoms. The van der Waals surface area contributed by atoms with Crippen LogP contribution in [-0.2, 0) is 6.61 Å². The zero-order chi connectivity index (χ0) is 17.8. The number of nitrogens with zero attached hydrogens (tertiary/aromatic N) is 3. The number of fused-ring (bicyclic) bond motifs is 1. The summed E-state index contributed by atoms with van der Waals surface area (Å²) >= 11 is 0. The van der Waals surface area contributed by atoms with Crippen molar-refractivity contribution < 1.29 is 14.6 Å². The first-order valence-electron chi connectivity index (χ1n) is 8.10. The van der Waals surface area contributed by atoms with Gasteiger partial charge in [0.2, 0.25) is 0 Å². The molecule has 0 atom stereocenters. The second-order valence-corrected chi connectivity index (χ2v) is 5.97. The quantitative estimate of drug-likeness (QED) is 0.748. The highest BCUT2D eigenvalue weighted by Crippen LogP contribution is 2.17. The molecule has 0 aliphatic heterocycles. The Kier molecular flexibility index (Phi) is 5.00. The van der Waals surface area contributed by atoms with Crippen LogP contribution in [0.5, 0.6) is 5.75 Å². The number of benzene rings is 1. The third kappa shape index (κ3) is 3.97. The Labute approximate surface area is 146 Å². The normalized spacial score (nSPS) is 10.8. The summed E-state index contributed by atoms with van der Waals surface area (Å²) < 4.78 is 7.76. The number of carbonyl (C=O) groups excluding carboxylic acids is 1. The molecule has 1 aromatic carbocycles. The van der Waals surface area contributed by atoms with Crippen molar-refractivity contribution >= 4 is 11.6 Å². The molecular formula is C19H21N3O3. The van der Waals surface area contributed by atoms with Gasteiger partial charge in [-0.3, -0.25) is 4.79 Å². The van der Waals surface area contributed by atoms with Crippen LogP contribution in [0.2, 0.25) is 0 Å². The number of imidazole rings is 1. The van der Waals surface area contributed by atoms with Gasteiger partial charge in [-0.15, -0.1) is 0 Å². The van der Waals surface area contributed by atoms with Crippen LogP contribution in [0.15, 0.2) is 48.8 Å². The van der Waals surface area contributed by atoms with Crippen LogP contribution < -0.4 is 4.74 Å². The van der Waals surface area contributed by atoms with Crippen molar-refractivity contribution in [2.24, 2.45) is 0 Å². The van der Waals surface area contributed by atoms with Crippen LogP contribution in [0.4, 0.5) is 0 Å². The molecule has 1 N–H and O–H groups in total. The molecule has 3 aromatic rings. The van der Waals surface area contributed by atoms with Gasteiger partial charge in [-0.25, -0.2) is 4.98 Å². The lowest BCUT2D eigenvalue weighted by molar-refractivity contribution is 0.0766. The van der Waals surface area contributed by atoms with Gasteiger partial charge in [0.05, 0.1) is 12.3 Å². The van der Waals surface area contributed by atoms with E-state index in [0.717, 1.165) is 16.9 Å². The highest BCUT2D eigenvalue weighted by molar-refractivity contribution is 5.94. The Hall–Kier alpha value is -2.86. The Morgan fingerprint density at radius 2 is 2.12 bits per heavy atom. The lowest BCUT2D eigenvalue weighted by Crippen LogP contribution is -2.29. The molecule has 0 fully saturated rings. The predicted octanol–water partition coefficient (Wildman–Crippen LogP) is 2.29. The molecule has 6 nitrogen and oxygen atoms in total. The van der Waals surface area contributed by atoms with E-state index in [9.17, 15) is 4.79 Å². The SMILES string of the molecule is Cc1ccc2nc(COc3cccc(C(=O)N(C)CCO)c3)cn2c1. The number of aliphatic hydroxyl groups excluding tert-OH is 1. The number of likely N-dealkylation sites (N-methyl/N-ethyl adjacent to an activating group) is 1. The first-order valence-corrected chi connectivity index (χ1v) is 8.10. The summed E-state index contributed by atoms with van der Waals surface area (Å²) in [6.45, 7) is 2.59. The van der Waals surface area contributed by atoms with Gasteiger partial charge in [0.15, 0.2) is 0 Å². The van der Waals surface area contributed by atoms with Crippen molar-refractivity contribution in [2.75, 3.05) is 20.2 Å². The number of amides is 1. The van der Waals surface area contributed by atoms with E-state index in [0.29, 0.717) is 24.5 Å². The number of carbonyl (C=O) groups is 1. The maximum atomic E-state index is 12.3. The average Bonchev–Trinajstić information content (AvgIpc) is 3.01. The van der Waals surface area contributed by atoms with E-state index >= 15 is 0 Å². The molecule has 0 saturated carbocycles. The number of aromatic nitrogens is 2. The molecule has 1 amide bonds. The van der Waals surface area contributed by atoms with Crippen LogP contribution >= 0.6 is 0 Å². The molecule has 0 spiro atoms. The fourth-order valence-corrected chi connectivity index (χ4v) is 2.57. The van der Waals surface area contributed by atoms with E-state index in [1.807, 2.05) is 41.9 Å². The number of aliphatic hydroxyl groups is 1. The van der Waals surface area contributed by atoms with E-state index in [-0.39, 0.29) is 12.5 Å². The van der Waals surface area contributed by atoms with Crippen molar-refractivity contribution in [2.45, 2.75) is 13.5 Å². The van der Waals surface area contributed by atoms with Gasteiger partial charge in [0, 0.05) is 31.5 Å². The number of ether oxygens (including phenoxy) is 1. The van der Waals surface area contributed by atoms with Gasteiger partial charge < -0.3 is 19.1 Å². The van der Waals surface area contributed by atoms with E-state index in [1.165, 1.54) is 4.90 Å². The lowest BCUT2D eigenvalue weighted by Gasteiger charge is -2.16. The minimum Gasteiger partial charge on any atom is -0.487 e. The number of hydrogen-bond acceptors (Lipinski definition) is 4. The number of hydrogen-bond donors (Lipinski definition) is 1. The molecule has 3 rings (SSSR count). The van der Waals surface area contributed by atoms with Gasteiger partial charge >= 0.3 is 0 Å². The van der Waals surface area contributed by atoms with E-state index < -0.39 is 0 Å². The molecular weight excluding hydrogens is 318 g/mol. The standard InChI is InChI=1S/C19H21N3O3/c1-14-6-7-18-20-16(12-22(18)11-14)13-25-17-5-3-4-15(10-17)19(24)21(2)8-9-23/h3-7,10-12,23H,8-9,13H2,1-2H3. The van der Waals surface area contributed by atoms with Crippen LogP contribution in [-0.4, -0.2) is 45.5 Å². The maximum absolute atomic E-state index is 12.3. The smallest absolute Gasteiger partial charge is 0.253 e. The zero-order valence-electron chi connectivity index (χ0n) is 14.3. The van der Waals surface area contributed by atoms with Crippen LogP contribution in [0, 0.1) is 6.92 Å². The van der Waals surface area contributed by atoms with E-state index in [4.69, 9.17) is 9.84 Å². The van der Waals surface area contributed by atoms with E-state index in [2.05, 4.69) is 4.98 Å². The second-order valence-electron chi connectivity index (χ2n) is 5.97. The molecule has 0 bridgehead atoms. The third-order valence-electron chi connectivity index (χ3n) is 3.90. The molecule has 6 heteroatoms. The number of pyridine rings is 1. The van der Waals surface area contributed by atoms with Gasteiger partial charge in [-0.2, -0.15) is 0 Å². The Morgan fingerprint density at radius 3 is 2.92 bits per heavy atom. The fourth-order valence-electron chi connectivity index (χ4n) is 2.57. The molecule has 2 heterocycles. The van der Waals surface area contributed by atoms with Gasteiger partial charge in [0.25, 0.3) is 5.91 Å². The summed E-state index contributed by atoms with van der Waals surface area (Å²) in [6, 6.07) is 11.0. The maximum Gasteiger partial charge on any atom is 0.253 e. The average molecular weight is 339 g/mol. The highest BCUT2D eigenvalue weighted by atomic mass is 16.5. The van der Waals surface area contributed by atoms with Crippen molar-refractivity contribution in [3.05, 3.63) is 65.6 Å². The molecule has 0 unspecified atom stereocenters. The molecule has 0 saturated heterocycles. The fraction of sp³-hybridized carbons (Fsp3) is 0.263. The summed E-state index contributed by atoms with van der Waals surface area (Å²) in [5.41, 5.74) is 3.38. The third-order valence-corrected chi connectivity index (χ3v) is 3.90. The lowest BCUT2D eigenvalue weighted by atomic mass is 10.2. The summed E-state index contributed by atoms with van der Waals surface area (Å²) in [7, 11) is 1.66. The summed E-state index contributed by atoms with van der Waals surface area (Å²) in [6.07, 6.45) is 3.95. The Morgan fingerprint density at radius 1 is 1.28 bits per heavy atom. The van der Waals surface area contributed by atoms with Crippen molar-refractivity contribution in [3.63, 3.8) is 0 Å². The number of aryl methyl sites for hydroxylation is 1. The van der Waals surface area contributed by atoms with Crippen molar-refractivity contribution in [3.8, 4) is 5.75 Å². The monoisotopic (exact) mass is 339 g/mol. The highest BCUT2D eigenvalue weighted by Gasteiger charge is 2.12. The first kappa shape index (κ1) is 17.0. The van der Waals surface area contributed by atoms with Crippen molar-refractivity contribution in [1.82, 2.24) is 14.3 Å². The van der Waals surface area contributed by atoms with Crippen molar-refractivity contribution in [1.29, 1.82) is 0 Å². The van der Waals surface area contributed by atoms with E-state index in [1.54, 1.807) is 25.2 Å². The summed E-state index contributed by atoms with van der Waals surface area (Å²) in [5.74, 6) is 0.458. The molecule has 0 aliphatic rings. The van der Waals surface area contributed by atoms with Gasteiger partial charge in [-0.05, 0) is 36.8 Å². The summed E-state index contributed by atoms with van der Waals surface area (Å²) in [4.78, 5) is 18.2. The van der Waals surface area contributed by atoms with Gasteiger partial charge in [0.1, 0.15) is 18.0 Å². The first-order chi connectivity index (χ1) is 12.1. The van der Waals surface area contributed by atoms with Crippen LogP contribution in [0.25, 0.3) is 5.65 Å². The van der Waals surface area contributed by atoms with Crippen LogP contribution in [0.1, 0.15) is 21.6 Å². The zero-order valence-corrected chi connectivity index (χ0v) is 14.3. The second kappa shape index (κ2) is 7.36. The summed E-state index contributed by atoms with van der Waals surface area (Å²) in [5, 5.41) is 8.95. The minimum absolute atomic E-state index is 0.0637. The minimum atomic E-state index is -0.150. The molecule has 130 valence electrons. The van der Waals surface area contributed by atoms with Gasteiger partial charge in [-0.1, -0.05) is 12.1 Å².